The maximum absolute atomic E-state index is 10.8. The van der Waals surface area contributed by atoms with Gasteiger partial charge in [0, 0.05) is 7.05 Å². The second kappa shape index (κ2) is 10.6. The van der Waals surface area contributed by atoms with Crippen molar-refractivity contribution in [1.82, 2.24) is 5.32 Å². The van der Waals surface area contributed by atoms with Crippen LogP contribution in [0.1, 0.15) is 39.5 Å². The van der Waals surface area contributed by atoms with Gasteiger partial charge >= 0.3 is 6.09 Å². The van der Waals surface area contributed by atoms with Gasteiger partial charge in [0.15, 0.2) is 0 Å². The summed E-state index contributed by atoms with van der Waals surface area (Å²) in [5.41, 5.74) is 0. The molecule has 86 valence electrons. The van der Waals surface area contributed by atoms with Gasteiger partial charge in [0.2, 0.25) is 0 Å². The second-order valence-electron chi connectivity index (χ2n) is 3.26. The monoisotopic (exact) mass is 223 g/mol. The van der Waals surface area contributed by atoms with E-state index in [1.165, 1.54) is 12.8 Å². The third-order valence-corrected chi connectivity index (χ3v) is 2.20. The molecule has 14 heavy (non-hydrogen) atoms. The molecule has 0 aromatic carbocycles. The highest BCUT2D eigenvalue weighted by Gasteiger charge is 2.08. The van der Waals surface area contributed by atoms with Gasteiger partial charge in [0.05, 0.1) is 6.61 Å². The molecule has 0 aliphatic heterocycles. The van der Waals surface area contributed by atoms with Gasteiger partial charge in [-0.15, -0.1) is 12.4 Å². The van der Waals surface area contributed by atoms with Gasteiger partial charge in [-0.2, -0.15) is 0 Å². The predicted molar refractivity (Wildman–Crippen MR) is 61.0 cm³/mol. The molecular weight excluding hydrogens is 202 g/mol. The standard InChI is InChI=1S/C10H21NO2.ClH/c1-4-6-7-9(5-2)8-13-10(12)11-3;/h9H,4-8H2,1-3H3,(H,11,12);1H. The number of rotatable bonds is 6. The lowest BCUT2D eigenvalue weighted by Gasteiger charge is -2.13. The first-order chi connectivity index (χ1) is 6.24. The zero-order valence-electron chi connectivity index (χ0n) is 9.34. The number of ether oxygens (including phenoxy) is 1. The summed E-state index contributed by atoms with van der Waals surface area (Å²) in [6, 6.07) is 0. The molecule has 0 heterocycles. The van der Waals surface area contributed by atoms with Crippen LogP contribution in [-0.4, -0.2) is 19.7 Å². The van der Waals surface area contributed by atoms with Crippen molar-refractivity contribution >= 4 is 18.5 Å². The number of hydrogen-bond donors (Lipinski definition) is 1. The van der Waals surface area contributed by atoms with Crippen molar-refractivity contribution < 1.29 is 9.53 Å². The lowest BCUT2D eigenvalue weighted by atomic mass is 10.0. The van der Waals surface area contributed by atoms with E-state index in [0.717, 1.165) is 12.8 Å². The average Bonchev–Trinajstić information content (AvgIpc) is 2.17. The van der Waals surface area contributed by atoms with Crippen LogP contribution in [0.4, 0.5) is 4.79 Å². The van der Waals surface area contributed by atoms with Crippen molar-refractivity contribution in [3.05, 3.63) is 0 Å². The van der Waals surface area contributed by atoms with E-state index in [4.69, 9.17) is 4.74 Å². The predicted octanol–water partition coefficient (Wildman–Crippen LogP) is 2.98. The van der Waals surface area contributed by atoms with Crippen LogP contribution in [-0.2, 0) is 4.74 Å². The molecular formula is C10H22ClNO2. The molecule has 0 fully saturated rings. The van der Waals surface area contributed by atoms with E-state index < -0.39 is 0 Å². The Morgan fingerprint density at radius 3 is 2.50 bits per heavy atom. The first-order valence-electron chi connectivity index (χ1n) is 5.09. The smallest absolute Gasteiger partial charge is 0.406 e. The summed E-state index contributed by atoms with van der Waals surface area (Å²) in [6.07, 6.45) is 4.34. The molecule has 1 amide bonds. The number of hydrogen-bond acceptors (Lipinski definition) is 2. The molecule has 0 rings (SSSR count). The fourth-order valence-electron chi connectivity index (χ4n) is 1.16. The molecule has 1 unspecified atom stereocenters. The van der Waals surface area contributed by atoms with Crippen molar-refractivity contribution in [2.75, 3.05) is 13.7 Å². The van der Waals surface area contributed by atoms with Gasteiger partial charge in [-0.05, 0) is 12.3 Å². The highest BCUT2D eigenvalue weighted by Crippen LogP contribution is 2.12. The Kier molecular flexibility index (Phi) is 12.2. The number of nitrogens with one attached hydrogen (secondary N) is 1. The number of unbranched alkanes of at least 4 members (excludes halogenated alkanes) is 1. The topological polar surface area (TPSA) is 38.3 Å². The quantitative estimate of drug-likeness (QED) is 0.752. The molecule has 0 aliphatic carbocycles. The first-order valence-corrected chi connectivity index (χ1v) is 5.09. The van der Waals surface area contributed by atoms with E-state index in [0.29, 0.717) is 12.5 Å². The van der Waals surface area contributed by atoms with Crippen LogP contribution in [0.5, 0.6) is 0 Å². The molecule has 0 saturated heterocycles. The van der Waals surface area contributed by atoms with E-state index in [1.807, 2.05) is 0 Å². The van der Waals surface area contributed by atoms with Gasteiger partial charge in [-0.25, -0.2) is 4.79 Å². The van der Waals surface area contributed by atoms with E-state index >= 15 is 0 Å². The Morgan fingerprint density at radius 2 is 2.07 bits per heavy atom. The van der Waals surface area contributed by atoms with Crippen molar-refractivity contribution in [2.45, 2.75) is 39.5 Å². The highest BCUT2D eigenvalue weighted by atomic mass is 35.5. The summed E-state index contributed by atoms with van der Waals surface area (Å²) < 4.78 is 4.99. The van der Waals surface area contributed by atoms with Gasteiger partial charge in [-0.1, -0.05) is 33.1 Å². The van der Waals surface area contributed by atoms with Crippen molar-refractivity contribution in [2.24, 2.45) is 5.92 Å². The molecule has 0 radical (unpaired) electrons. The van der Waals surface area contributed by atoms with Crippen molar-refractivity contribution in [3.63, 3.8) is 0 Å². The van der Waals surface area contributed by atoms with Crippen LogP contribution in [0.15, 0.2) is 0 Å². The Bertz CT molecular complexity index is 142. The lowest BCUT2D eigenvalue weighted by molar-refractivity contribution is 0.124. The number of halogens is 1. The van der Waals surface area contributed by atoms with E-state index in [-0.39, 0.29) is 18.5 Å². The lowest BCUT2D eigenvalue weighted by Crippen LogP contribution is -2.22. The minimum Gasteiger partial charge on any atom is -0.449 e. The zero-order valence-corrected chi connectivity index (χ0v) is 10.2. The maximum atomic E-state index is 10.8. The molecule has 1 atom stereocenters. The molecule has 3 nitrogen and oxygen atoms in total. The van der Waals surface area contributed by atoms with Crippen molar-refractivity contribution in [1.29, 1.82) is 0 Å². The largest absolute Gasteiger partial charge is 0.449 e. The summed E-state index contributed by atoms with van der Waals surface area (Å²) in [7, 11) is 1.58. The Balaban J connectivity index is 0. The third kappa shape index (κ3) is 8.17. The van der Waals surface area contributed by atoms with E-state index in [9.17, 15) is 4.79 Å². The number of alkyl carbamates (subject to hydrolysis) is 1. The molecule has 1 N–H and O–H groups in total. The highest BCUT2D eigenvalue weighted by molar-refractivity contribution is 5.85. The van der Waals surface area contributed by atoms with Crippen LogP contribution < -0.4 is 5.32 Å². The van der Waals surface area contributed by atoms with E-state index in [1.54, 1.807) is 7.05 Å². The average molecular weight is 224 g/mol. The van der Waals surface area contributed by atoms with Crippen LogP contribution in [0.25, 0.3) is 0 Å². The SMILES string of the molecule is CCCCC(CC)COC(=O)NC.Cl. The molecule has 4 heteroatoms. The minimum absolute atomic E-state index is 0. The van der Waals surface area contributed by atoms with Gasteiger partial charge in [-0.3, -0.25) is 0 Å². The summed E-state index contributed by atoms with van der Waals surface area (Å²) in [5, 5.41) is 2.44. The summed E-state index contributed by atoms with van der Waals surface area (Å²) in [6.45, 7) is 4.86. The molecule has 0 aromatic rings. The fourth-order valence-corrected chi connectivity index (χ4v) is 1.16. The van der Waals surface area contributed by atoms with Crippen LogP contribution in [0.2, 0.25) is 0 Å². The molecule has 0 bridgehead atoms. The summed E-state index contributed by atoms with van der Waals surface area (Å²) >= 11 is 0. The maximum Gasteiger partial charge on any atom is 0.406 e. The summed E-state index contributed by atoms with van der Waals surface area (Å²) in [4.78, 5) is 10.8. The van der Waals surface area contributed by atoms with Gasteiger partial charge < -0.3 is 10.1 Å². The number of amides is 1. The number of carbonyl (C=O) groups excluding carboxylic acids is 1. The Hall–Kier alpha value is -0.440. The van der Waals surface area contributed by atoms with Gasteiger partial charge in [0.1, 0.15) is 0 Å². The molecule has 0 aliphatic rings. The Morgan fingerprint density at radius 1 is 1.43 bits per heavy atom. The normalized spacial score (nSPS) is 11.4. The van der Waals surface area contributed by atoms with Crippen LogP contribution in [0, 0.1) is 5.92 Å². The Labute approximate surface area is 93.0 Å². The second-order valence-corrected chi connectivity index (χ2v) is 3.26. The van der Waals surface area contributed by atoms with E-state index in [2.05, 4.69) is 19.2 Å². The zero-order chi connectivity index (χ0) is 10.1. The van der Waals surface area contributed by atoms with Crippen LogP contribution in [0.3, 0.4) is 0 Å². The molecule has 0 saturated carbocycles. The first kappa shape index (κ1) is 16.0. The third-order valence-electron chi connectivity index (χ3n) is 2.20. The van der Waals surface area contributed by atoms with Gasteiger partial charge in [0.25, 0.3) is 0 Å². The summed E-state index contributed by atoms with van der Waals surface area (Å²) in [5.74, 6) is 0.525. The fraction of sp³-hybridized carbons (Fsp3) is 0.900. The molecule has 0 spiro atoms. The number of carbonyl (C=O) groups is 1. The van der Waals surface area contributed by atoms with Crippen molar-refractivity contribution in [3.8, 4) is 0 Å². The minimum atomic E-state index is -0.324. The molecule has 0 aromatic heterocycles. The van der Waals surface area contributed by atoms with Crippen LogP contribution >= 0.6 is 12.4 Å².